The van der Waals surface area contributed by atoms with E-state index in [2.05, 4.69) is 51.2 Å². The highest BCUT2D eigenvalue weighted by Gasteiger charge is 2.42. The standard InChI is InChI=1S/C38H45Cl2N5O4/c1-5-6-17-45-32-10-8-7-9-31(32)42-37(45)41-28-13-18-43(19-14-28)20-15-38(27-11-12-29(39)30(40)24-27)16-21-44(25-38)36(46)26-22-33(47-2)35(49-4)34(23-26)48-3/h5-12,22-24,28H,13-21,25H2,1-4H3,(H,41,42). The molecule has 0 aliphatic carbocycles. The van der Waals surface area contributed by atoms with Gasteiger partial charge in [0, 0.05) is 49.7 Å². The van der Waals surface area contributed by atoms with Crippen LogP contribution in [0.3, 0.4) is 0 Å². The van der Waals surface area contributed by atoms with E-state index in [0.29, 0.717) is 52.0 Å². The third kappa shape index (κ3) is 7.35. The number of carbonyl (C=O) groups excluding carboxylic acids is 1. The minimum Gasteiger partial charge on any atom is -0.493 e. The third-order valence-electron chi connectivity index (χ3n) is 10.1. The van der Waals surface area contributed by atoms with Crippen LogP contribution in [0.4, 0.5) is 5.95 Å². The normalized spacial score (nSPS) is 18.8. The Balaban J connectivity index is 1.15. The zero-order valence-corrected chi connectivity index (χ0v) is 30.2. The van der Waals surface area contributed by atoms with E-state index in [1.54, 1.807) is 33.5 Å². The molecule has 2 fully saturated rings. The van der Waals surface area contributed by atoms with Gasteiger partial charge in [-0.15, -0.1) is 0 Å². The van der Waals surface area contributed by atoms with Gasteiger partial charge in [0.2, 0.25) is 11.7 Å². The fraction of sp³-hybridized carbons (Fsp3) is 0.421. The quantitative estimate of drug-likeness (QED) is 0.151. The van der Waals surface area contributed by atoms with Gasteiger partial charge in [-0.05, 0) is 81.1 Å². The summed E-state index contributed by atoms with van der Waals surface area (Å²) in [7, 11) is 4.66. The number of piperidine rings is 1. The Morgan fingerprint density at radius 2 is 1.71 bits per heavy atom. The SMILES string of the molecule is CC=CCn1c(NC2CCN(CCC3(c4ccc(Cl)c(Cl)c4)CCN(C(=O)c4cc(OC)c(OC)c(OC)c4)C3)CC2)nc2ccccc21. The van der Waals surface area contributed by atoms with Crippen LogP contribution < -0.4 is 19.5 Å². The number of likely N-dealkylation sites (tertiary alicyclic amines) is 2. The Labute approximate surface area is 298 Å². The number of ether oxygens (including phenoxy) is 3. The van der Waals surface area contributed by atoms with Gasteiger partial charge in [-0.2, -0.15) is 0 Å². The highest BCUT2D eigenvalue weighted by molar-refractivity contribution is 6.42. The van der Waals surface area contributed by atoms with E-state index in [1.165, 1.54) is 0 Å². The van der Waals surface area contributed by atoms with Gasteiger partial charge in [-0.1, -0.05) is 53.6 Å². The predicted octanol–water partition coefficient (Wildman–Crippen LogP) is 7.70. The third-order valence-corrected chi connectivity index (χ3v) is 10.8. The number of imidazole rings is 1. The molecule has 6 rings (SSSR count). The number of nitrogens with one attached hydrogen (secondary N) is 1. The molecule has 1 atom stereocenters. The minimum atomic E-state index is -0.267. The van der Waals surface area contributed by atoms with Crippen LogP contribution >= 0.6 is 23.2 Å². The fourth-order valence-corrected chi connectivity index (χ4v) is 7.58. The van der Waals surface area contributed by atoms with Crippen molar-refractivity contribution in [1.29, 1.82) is 0 Å². The number of methoxy groups -OCH3 is 3. The molecule has 2 aliphatic heterocycles. The summed E-state index contributed by atoms with van der Waals surface area (Å²) in [5.41, 5.74) is 3.49. The summed E-state index contributed by atoms with van der Waals surface area (Å²) in [5, 5.41) is 4.82. The second-order valence-electron chi connectivity index (χ2n) is 12.9. The fourth-order valence-electron chi connectivity index (χ4n) is 7.28. The number of aromatic nitrogens is 2. The Morgan fingerprint density at radius 3 is 2.39 bits per heavy atom. The first-order valence-electron chi connectivity index (χ1n) is 16.9. The maximum absolute atomic E-state index is 14.0. The lowest BCUT2D eigenvalue weighted by Gasteiger charge is -2.36. The van der Waals surface area contributed by atoms with Crippen molar-refractivity contribution in [2.75, 3.05) is 59.4 Å². The van der Waals surface area contributed by atoms with Gasteiger partial charge >= 0.3 is 0 Å². The highest BCUT2D eigenvalue weighted by atomic mass is 35.5. The number of hydrogen-bond acceptors (Lipinski definition) is 7. The van der Waals surface area contributed by atoms with Crippen LogP contribution in [0.15, 0.2) is 66.7 Å². The first-order valence-corrected chi connectivity index (χ1v) is 17.6. The van der Waals surface area contributed by atoms with Gasteiger partial charge in [0.05, 0.1) is 42.4 Å². The van der Waals surface area contributed by atoms with Gasteiger partial charge in [0.1, 0.15) is 0 Å². The predicted molar refractivity (Wildman–Crippen MR) is 197 cm³/mol. The number of nitrogens with zero attached hydrogens (tertiary/aromatic N) is 4. The molecule has 0 bridgehead atoms. The van der Waals surface area contributed by atoms with Gasteiger partial charge in [-0.25, -0.2) is 4.98 Å². The van der Waals surface area contributed by atoms with Crippen molar-refractivity contribution in [3.63, 3.8) is 0 Å². The molecule has 1 aromatic heterocycles. The number of benzene rings is 3. The molecule has 2 saturated heterocycles. The Hall–Kier alpha value is -3.92. The lowest BCUT2D eigenvalue weighted by molar-refractivity contribution is 0.0779. The van der Waals surface area contributed by atoms with Crippen molar-refractivity contribution in [3.8, 4) is 17.2 Å². The number of rotatable bonds is 12. The maximum atomic E-state index is 14.0. The average Bonchev–Trinajstić information content (AvgIpc) is 3.72. The summed E-state index contributed by atoms with van der Waals surface area (Å²) in [6.07, 6.45) is 8.00. The van der Waals surface area contributed by atoms with Crippen LogP contribution in [0.25, 0.3) is 11.0 Å². The van der Waals surface area contributed by atoms with Crippen molar-refractivity contribution >= 4 is 46.1 Å². The molecule has 49 heavy (non-hydrogen) atoms. The monoisotopic (exact) mass is 705 g/mol. The van der Waals surface area contributed by atoms with Gasteiger partial charge in [0.25, 0.3) is 5.91 Å². The Kier molecular flexibility index (Phi) is 10.9. The zero-order valence-electron chi connectivity index (χ0n) is 28.7. The summed E-state index contributed by atoms with van der Waals surface area (Å²) >= 11 is 12.9. The number of fused-ring (bicyclic) bond motifs is 1. The second-order valence-corrected chi connectivity index (χ2v) is 13.7. The van der Waals surface area contributed by atoms with Gasteiger partial charge in [0.15, 0.2) is 11.5 Å². The van der Waals surface area contributed by atoms with E-state index in [-0.39, 0.29) is 11.3 Å². The van der Waals surface area contributed by atoms with E-state index in [4.69, 9.17) is 42.4 Å². The van der Waals surface area contributed by atoms with E-state index in [0.717, 1.165) is 74.4 Å². The molecular weight excluding hydrogens is 661 g/mol. The van der Waals surface area contributed by atoms with Crippen LogP contribution in [-0.4, -0.2) is 85.4 Å². The molecule has 1 N–H and O–H groups in total. The Bertz CT molecular complexity index is 1790. The number of allylic oxidation sites excluding steroid dienone is 2. The van der Waals surface area contributed by atoms with Crippen LogP contribution in [0, 0.1) is 0 Å². The average molecular weight is 707 g/mol. The minimum absolute atomic E-state index is 0.0754. The van der Waals surface area contributed by atoms with Crippen molar-refractivity contribution in [2.24, 2.45) is 0 Å². The van der Waals surface area contributed by atoms with E-state index >= 15 is 0 Å². The van der Waals surface area contributed by atoms with Crippen LogP contribution in [0.2, 0.25) is 10.0 Å². The topological polar surface area (TPSA) is 81.1 Å². The molecule has 3 heterocycles. The van der Waals surface area contributed by atoms with Crippen LogP contribution in [0.5, 0.6) is 17.2 Å². The molecule has 1 amide bonds. The summed E-state index contributed by atoms with van der Waals surface area (Å²) in [5.74, 6) is 2.22. The molecule has 3 aromatic carbocycles. The van der Waals surface area contributed by atoms with Crippen molar-refractivity contribution in [1.82, 2.24) is 19.4 Å². The largest absolute Gasteiger partial charge is 0.493 e. The van der Waals surface area contributed by atoms with E-state index in [1.807, 2.05) is 30.0 Å². The molecule has 1 unspecified atom stereocenters. The lowest BCUT2D eigenvalue weighted by Crippen LogP contribution is -2.42. The van der Waals surface area contributed by atoms with Gasteiger partial charge in [-0.3, -0.25) is 4.79 Å². The summed E-state index contributed by atoms with van der Waals surface area (Å²) in [6, 6.07) is 18.0. The van der Waals surface area contributed by atoms with Crippen molar-refractivity contribution < 1.29 is 19.0 Å². The van der Waals surface area contributed by atoms with Crippen LogP contribution in [0.1, 0.15) is 48.5 Å². The first kappa shape index (κ1) is 34.9. The first-order chi connectivity index (χ1) is 23.8. The molecule has 2 aliphatic rings. The van der Waals surface area contributed by atoms with Crippen molar-refractivity contribution in [2.45, 2.75) is 50.6 Å². The molecular formula is C38H45Cl2N5O4. The van der Waals surface area contributed by atoms with Crippen molar-refractivity contribution in [3.05, 3.63) is 87.9 Å². The molecule has 0 radical (unpaired) electrons. The molecule has 9 nitrogen and oxygen atoms in total. The van der Waals surface area contributed by atoms with Crippen LogP contribution in [-0.2, 0) is 12.0 Å². The van der Waals surface area contributed by atoms with E-state index in [9.17, 15) is 4.79 Å². The molecule has 4 aromatic rings. The lowest BCUT2D eigenvalue weighted by atomic mass is 9.76. The highest BCUT2D eigenvalue weighted by Crippen LogP contribution is 2.43. The Morgan fingerprint density at radius 1 is 0.980 bits per heavy atom. The molecule has 0 saturated carbocycles. The molecule has 260 valence electrons. The van der Waals surface area contributed by atoms with E-state index < -0.39 is 0 Å². The number of halogens is 2. The summed E-state index contributed by atoms with van der Waals surface area (Å²) in [6.45, 7) is 6.91. The number of carbonyl (C=O) groups is 1. The summed E-state index contributed by atoms with van der Waals surface area (Å²) < 4.78 is 18.8. The zero-order chi connectivity index (χ0) is 34.5. The van der Waals surface area contributed by atoms with Gasteiger partial charge < -0.3 is 33.9 Å². The number of anilines is 1. The maximum Gasteiger partial charge on any atom is 0.254 e. The second kappa shape index (κ2) is 15.3. The number of amides is 1. The number of hydrogen-bond donors (Lipinski definition) is 1. The molecule has 11 heteroatoms. The molecule has 0 spiro atoms. The number of para-hydroxylation sites is 2. The smallest absolute Gasteiger partial charge is 0.254 e. The summed E-state index contributed by atoms with van der Waals surface area (Å²) in [4.78, 5) is 23.4.